The first kappa shape index (κ1) is 39.8. The summed E-state index contributed by atoms with van der Waals surface area (Å²) in [5.74, 6) is -0.845. The number of benzene rings is 2. The van der Waals surface area contributed by atoms with Gasteiger partial charge in [0.05, 0.1) is 37.0 Å². The third-order valence-electron chi connectivity index (χ3n) is 8.28. The Morgan fingerprint density at radius 2 is 1.54 bits per heavy atom. The molecule has 2 aliphatic heterocycles. The lowest BCUT2D eigenvalue weighted by Crippen LogP contribution is -2.56. The van der Waals surface area contributed by atoms with Crippen molar-refractivity contribution in [3.8, 4) is 0 Å². The molecule has 0 saturated carbocycles. The average Bonchev–Trinajstić information content (AvgIpc) is 2.97. The number of ether oxygens (including phenoxy) is 2. The molecule has 0 aliphatic carbocycles. The number of halogens is 8. The van der Waals surface area contributed by atoms with Crippen molar-refractivity contribution in [2.45, 2.75) is 44.7 Å². The summed E-state index contributed by atoms with van der Waals surface area (Å²) >= 11 is 0. The van der Waals surface area contributed by atoms with Crippen molar-refractivity contribution in [2.24, 2.45) is 0 Å². The summed E-state index contributed by atoms with van der Waals surface area (Å²) in [6.07, 6.45) is -5.54. The number of rotatable bonds is 9. The second-order valence-corrected chi connectivity index (χ2v) is 11.5. The highest BCUT2D eigenvalue weighted by atomic mass is 35.5. The van der Waals surface area contributed by atoms with E-state index in [1.54, 1.807) is 7.11 Å². The Morgan fingerprint density at radius 3 is 2.15 bits per heavy atom. The van der Waals surface area contributed by atoms with E-state index in [0.717, 1.165) is 29.8 Å². The maximum atomic E-state index is 13.6. The maximum Gasteiger partial charge on any atom is 0.416 e. The summed E-state index contributed by atoms with van der Waals surface area (Å²) in [5, 5.41) is 0. The molecule has 46 heavy (non-hydrogen) atoms. The SMILES string of the molecule is COC[C@@H]1COCCN1C/C=C/CN1CCN(C(=O)c2cc(C(F)(F)F)cc(C(F)(F)F)c2)[C@H](Cc2ccc(C)c(C)c2)C1.Cl.Cl. The number of alkyl halides is 6. The van der Waals surface area contributed by atoms with E-state index in [0.29, 0.717) is 58.0 Å². The van der Waals surface area contributed by atoms with Gasteiger partial charge in [-0.1, -0.05) is 30.4 Å². The van der Waals surface area contributed by atoms with Gasteiger partial charge in [-0.3, -0.25) is 14.6 Å². The van der Waals surface area contributed by atoms with Gasteiger partial charge < -0.3 is 14.4 Å². The molecule has 14 heteroatoms. The molecule has 0 N–H and O–H groups in total. The molecule has 2 heterocycles. The molecule has 2 saturated heterocycles. The number of hydrogen-bond acceptors (Lipinski definition) is 5. The topological polar surface area (TPSA) is 45.3 Å². The summed E-state index contributed by atoms with van der Waals surface area (Å²) in [7, 11) is 1.66. The number of piperazine rings is 1. The third-order valence-corrected chi connectivity index (χ3v) is 8.28. The van der Waals surface area contributed by atoms with Gasteiger partial charge in [-0.05, 0) is 55.2 Å². The van der Waals surface area contributed by atoms with Crippen molar-refractivity contribution in [1.82, 2.24) is 14.7 Å². The second kappa shape index (κ2) is 17.2. The highest BCUT2D eigenvalue weighted by molar-refractivity contribution is 5.95. The normalized spacial score (nSPS) is 20.0. The number of carbonyl (C=O) groups excluding carboxylic acids is 1. The van der Waals surface area contributed by atoms with E-state index in [2.05, 4.69) is 15.9 Å². The Balaban J connectivity index is 0.00000368. The lowest BCUT2D eigenvalue weighted by molar-refractivity contribution is -0.143. The van der Waals surface area contributed by atoms with Crippen LogP contribution in [-0.2, 0) is 28.2 Å². The number of morpholine rings is 1. The molecule has 4 rings (SSSR count). The number of nitrogens with zero attached hydrogens (tertiary/aromatic N) is 3. The lowest BCUT2D eigenvalue weighted by Gasteiger charge is -2.41. The first-order valence-electron chi connectivity index (χ1n) is 14.6. The van der Waals surface area contributed by atoms with Gasteiger partial charge in [-0.15, -0.1) is 24.8 Å². The molecule has 6 nitrogen and oxygen atoms in total. The van der Waals surface area contributed by atoms with Crippen LogP contribution in [0.5, 0.6) is 0 Å². The minimum Gasteiger partial charge on any atom is -0.383 e. The zero-order valence-electron chi connectivity index (χ0n) is 26.0. The number of methoxy groups -OCH3 is 1. The molecule has 0 radical (unpaired) electrons. The Hall–Kier alpha value is -2.35. The molecule has 2 atom stereocenters. The smallest absolute Gasteiger partial charge is 0.383 e. The number of hydrogen-bond donors (Lipinski definition) is 0. The van der Waals surface area contributed by atoms with Crippen LogP contribution in [0.2, 0.25) is 0 Å². The van der Waals surface area contributed by atoms with E-state index in [1.165, 1.54) is 4.90 Å². The van der Waals surface area contributed by atoms with Gasteiger partial charge in [0, 0.05) is 58.0 Å². The zero-order chi connectivity index (χ0) is 32.1. The van der Waals surface area contributed by atoms with Crippen LogP contribution < -0.4 is 0 Å². The molecule has 2 fully saturated rings. The molecule has 0 unspecified atom stereocenters. The molecule has 2 aliphatic rings. The van der Waals surface area contributed by atoms with Gasteiger partial charge in [-0.25, -0.2) is 0 Å². The Labute approximate surface area is 278 Å². The second-order valence-electron chi connectivity index (χ2n) is 11.5. The summed E-state index contributed by atoms with van der Waals surface area (Å²) in [5.41, 5.74) is -0.546. The van der Waals surface area contributed by atoms with Crippen LogP contribution in [0.1, 0.15) is 38.2 Å². The Kier molecular flexibility index (Phi) is 14.9. The van der Waals surface area contributed by atoms with Gasteiger partial charge in [0.1, 0.15) is 0 Å². The maximum absolute atomic E-state index is 13.6. The molecule has 1 amide bonds. The predicted molar refractivity (Wildman–Crippen MR) is 169 cm³/mol. The predicted octanol–water partition coefficient (Wildman–Crippen LogP) is 6.46. The molecule has 0 spiro atoms. The van der Waals surface area contributed by atoms with Gasteiger partial charge in [0.2, 0.25) is 0 Å². The van der Waals surface area contributed by atoms with E-state index >= 15 is 0 Å². The fraction of sp³-hybridized carbons (Fsp3) is 0.531. The zero-order valence-corrected chi connectivity index (χ0v) is 27.6. The number of amides is 1. The largest absolute Gasteiger partial charge is 0.416 e. The van der Waals surface area contributed by atoms with Crippen LogP contribution in [0.25, 0.3) is 0 Å². The third kappa shape index (κ3) is 10.6. The average molecular weight is 701 g/mol. The van der Waals surface area contributed by atoms with Crippen molar-refractivity contribution in [1.29, 1.82) is 0 Å². The van der Waals surface area contributed by atoms with E-state index in [1.807, 2.05) is 38.1 Å². The van der Waals surface area contributed by atoms with Crippen LogP contribution in [-0.4, -0.2) is 98.9 Å². The fourth-order valence-electron chi connectivity index (χ4n) is 5.68. The molecule has 0 bridgehead atoms. The molecule has 258 valence electrons. The van der Waals surface area contributed by atoms with Crippen LogP contribution in [0.15, 0.2) is 48.6 Å². The summed E-state index contributed by atoms with van der Waals surface area (Å²) in [4.78, 5) is 19.5. The molecule has 2 aromatic carbocycles. The first-order chi connectivity index (χ1) is 20.8. The highest BCUT2D eigenvalue weighted by Gasteiger charge is 2.39. The van der Waals surface area contributed by atoms with Crippen molar-refractivity contribution < 1.29 is 40.6 Å². The Bertz CT molecular complexity index is 1290. The lowest BCUT2D eigenvalue weighted by atomic mass is 9.97. The Morgan fingerprint density at radius 1 is 0.891 bits per heavy atom. The van der Waals surface area contributed by atoms with E-state index in [-0.39, 0.29) is 43.5 Å². The molecular weight excluding hydrogens is 659 g/mol. The van der Waals surface area contributed by atoms with Crippen LogP contribution in [0.4, 0.5) is 26.3 Å². The van der Waals surface area contributed by atoms with E-state index in [4.69, 9.17) is 9.47 Å². The van der Waals surface area contributed by atoms with Gasteiger partial charge in [-0.2, -0.15) is 26.3 Å². The van der Waals surface area contributed by atoms with E-state index in [9.17, 15) is 31.1 Å². The van der Waals surface area contributed by atoms with Gasteiger partial charge in [0.25, 0.3) is 5.91 Å². The minimum absolute atomic E-state index is 0. The van der Waals surface area contributed by atoms with Gasteiger partial charge >= 0.3 is 12.4 Å². The fourth-order valence-corrected chi connectivity index (χ4v) is 5.68. The van der Waals surface area contributed by atoms with Crippen molar-refractivity contribution in [3.05, 3.63) is 81.9 Å². The van der Waals surface area contributed by atoms with Crippen molar-refractivity contribution in [3.63, 3.8) is 0 Å². The number of aryl methyl sites for hydroxylation is 2. The van der Waals surface area contributed by atoms with Crippen LogP contribution >= 0.6 is 24.8 Å². The standard InChI is InChI=1S/C32H39F6N3O3.2ClH/c1-22-6-7-24(14-23(22)2)15-28-19-39(8-4-5-9-40-12-13-44-21-29(40)20-43-3)10-11-41(28)30(42)25-16-26(31(33,34)35)18-27(17-25)32(36,37)38;;/h4-7,14,16-18,28-29H,8-13,15,19-21H2,1-3H3;2*1H/b5-4+;;/t28-,29-;;/m1../s1. The van der Waals surface area contributed by atoms with Crippen LogP contribution in [0.3, 0.4) is 0 Å². The van der Waals surface area contributed by atoms with E-state index < -0.39 is 41.0 Å². The molecular formula is C32H41Cl2F6N3O3. The number of carbonyl (C=O) groups is 1. The van der Waals surface area contributed by atoms with Crippen LogP contribution in [0, 0.1) is 13.8 Å². The minimum atomic E-state index is -5.04. The first-order valence-corrected chi connectivity index (χ1v) is 14.6. The summed E-state index contributed by atoms with van der Waals surface area (Å²) < 4.78 is 92.0. The molecule has 2 aromatic rings. The highest BCUT2D eigenvalue weighted by Crippen LogP contribution is 2.37. The van der Waals surface area contributed by atoms with Gasteiger partial charge in [0.15, 0.2) is 0 Å². The van der Waals surface area contributed by atoms with Crippen molar-refractivity contribution >= 4 is 30.7 Å². The monoisotopic (exact) mass is 699 g/mol. The molecule has 0 aromatic heterocycles. The quantitative estimate of drug-likeness (QED) is 0.222. The summed E-state index contributed by atoms with van der Waals surface area (Å²) in [6, 6.07) is 6.69. The van der Waals surface area contributed by atoms with Crippen molar-refractivity contribution in [2.75, 3.05) is 66.2 Å². The summed E-state index contributed by atoms with van der Waals surface area (Å²) in [6.45, 7) is 8.88.